The maximum atomic E-state index is 9.25. The third-order valence-corrected chi connectivity index (χ3v) is 3.55. The molecule has 1 aliphatic heterocycles. The van der Waals surface area contributed by atoms with Gasteiger partial charge in [0, 0.05) is 30.7 Å². The highest BCUT2D eigenvalue weighted by Gasteiger charge is 2.23. The Balaban J connectivity index is 2.03. The number of nitriles is 1. The molecule has 1 heterocycles. The lowest BCUT2D eigenvalue weighted by Crippen LogP contribution is -2.48. The number of benzene rings is 1. The number of hydrogen-bond donors (Lipinski definition) is 0. The summed E-state index contributed by atoms with van der Waals surface area (Å²) in [6.07, 6.45) is 0. The number of anilines is 1. The van der Waals surface area contributed by atoms with Crippen LogP contribution in [-0.4, -0.2) is 36.8 Å². The standard InChI is InChI=1S/C15H20BrN3O/c1-15(2,3)20-19-8-6-18(7-9-19)14-5-4-13(16)10-12(14)11-17/h4-5,10H,6-9H2,1-3H3. The van der Waals surface area contributed by atoms with E-state index < -0.39 is 0 Å². The zero-order valence-corrected chi connectivity index (χ0v) is 13.8. The summed E-state index contributed by atoms with van der Waals surface area (Å²) in [4.78, 5) is 8.12. The number of hydrogen-bond acceptors (Lipinski definition) is 4. The number of nitrogens with zero attached hydrogens (tertiary/aromatic N) is 3. The van der Waals surface area contributed by atoms with Crippen molar-refractivity contribution in [1.29, 1.82) is 5.26 Å². The van der Waals surface area contributed by atoms with Crippen LogP contribution in [-0.2, 0) is 4.84 Å². The quantitative estimate of drug-likeness (QED) is 0.830. The van der Waals surface area contributed by atoms with Crippen LogP contribution < -0.4 is 4.90 Å². The minimum Gasteiger partial charge on any atom is -0.368 e. The maximum absolute atomic E-state index is 9.25. The van der Waals surface area contributed by atoms with Crippen LogP contribution in [0.4, 0.5) is 5.69 Å². The molecule has 0 bridgehead atoms. The van der Waals surface area contributed by atoms with E-state index in [9.17, 15) is 5.26 Å². The van der Waals surface area contributed by atoms with E-state index in [-0.39, 0.29) is 5.60 Å². The minimum absolute atomic E-state index is 0.155. The molecule has 0 aromatic heterocycles. The predicted molar refractivity (Wildman–Crippen MR) is 83.5 cm³/mol. The van der Waals surface area contributed by atoms with Crippen LogP contribution in [0.1, 0.15) is 26.3 Å². The van der Waals surface area contributed by atoms with Crippen molar-refractivity contribution < 1.29 is 4.84 Å². The van der Waals surface area contributed by atoms with Crippen LogP contribution >= 0.6 is 15.9 Å². The first-order chi connectivity index (χ1) is 9.39. The number of rotatable bonds is 2. The highest BCUT2D eigenvalue weighted by atomic mass is 79.9. The van der Waals surface area contributed by atoms with E-state index in [0.717, 1.165) is 36.3 Å². The van der Waals surface area contributed by atoms with E-state index in [1.807, 2.05) is 23.3 Å². The summed E-state index contributed by atoms with van der Waals surface area (Å²) in [6, 6.07) is 8.12. The summed E-state index contributed by atoms with van der Waals surface area (Å²) in [5.41, 5.74) is 1.56. The fraction of sp³-hybridized carbons (Fsp3) is 0.533. The van der Waals surface area contributed by atoms with Gasteiger partial charge in [0.1, 0.15) is 6.07 Å². The summed E-state index contributed by atoms with van der Waals surface area (Å²) in [5.74, 6) is 0. The SMILES string of the molecule is CC(C)(C)ON1CCN(c2ccc(Br)cc2C#N)CC1. The third kappa shape index (κ3) is 3.95. The molecule has 108 valence electrons. The monoisotopic (exact) mass is 337 g/mol. The second-order valence-electron chi connectivity index (χ2n) is 5.89. The molecule has 5 heteroatoms. The van der Waals surface area contributed by atoms with Crippen LogP contribution in [0.25, 0.3) is 0 Å². The summed E-state index contributed by atoms with van der Waals surface area (Å²) in [5, 5.41) is 11.3. The Morgan fingerprint density at radius 3 is 2.40 bits per heavy atom. The van der Waals surface area contributed by atoms with Crippen LogP contribution in [0.2, 0.25) is 0 Å². The molecule has 0 aliphatic carbocycles. The Morgan fingerprint density at radius 1 is 1.20 bits per heavy atom. The van der Waals surface area contributed by atoms with Gasteiger partial charge in [-0.1, -0.05) is 15.9 Å². The van der Waals surface area contributed by atoms with Crippen molar-refractivity contribution in [2.45, 2.75) is 26.4 Å². The van der Waals surface area contributed by atoms with Gasteiger partial charge in [0.15, 0.2) is 0 Å². The van der Waals surface area contributed by atoms with Gasteiger partial charge in [-0.25, -0.2) is 0 Å². The third-order valence-electron chi connectivity index (χ3n) is 3.06. The van der Waals surface area contributed by atoms with Crippen molar-refractivity contribution >= 4 is 21.6 Å². The molecule has 2 rings (SSSR count). The molecule has 0 atom stereocenters. The van der Waals surface area contributed by atoms with Crippen molar-refractivity contribution in [3.63, 3.8) is 0 Å². The van der Waals surface area contributed by atoms with E-state index in [1.54, 1.807) is 0 Å². The second kappa shape index (κ2) is 6.13. The molecule has 1 aromatic carbocycles. The summed E-state index contributed by atoms with van der Waals surface area (Å²) >= 11 is 3.41. The van der Waals surface area contributed by atoms with Crippen molar-refractivity contribution in [2.75, 3.05) is 31.1 Å². The van der Waals surface area contributed by atoms with Crippen molar-refractivity contribution in [3.8, 4) is 6.07 Å². The molecule has 1 fully saturated rings. The zero-order chi connectivity index (χ0) is 14.8. The molecular weight excluding hydrogens is 318 g/mol. The molecule has 1 aromatic rings. The summed E-state index contributed by atoms with van der Waals surface area (Å²) in [6.45, 7) is 9.60. The lowest BCUT2D eigenvalue weighted by molar-refractivity contribution is -0.230. The number of hydroxylamine groups is 2. The van der Waals surface area contributed by atoms with Gasteiger partial charge >= 0.3 is 0 Å². The molecule has 0 saturated carbocycles. The van der Waals surface area contributed by atoms with Crippen LogP contribution in [0, 0.1) is 11.3 Å². The molecular formula is C15H20BrN3O. The van der Waals surface area contributed by atoms with Gasteiger partial charge in [-0.05, 0) is 39.0 Å². The van der Waals surface area contributed by atoms with Gasteiger partial charge in [-0.15, -0.1) is 0 Å². The van der Waals surface area contributed by atoms with Gasteiger partial charge < -0.3 is 4.90 Å². The molecule has 0 spiro atoms. The molecule has 1 aliphatic rings. The first-order valence-electron chi connectivity index (χ1n) is 6.78. The van der Waals surface area contributed by atoms with E-state index in [1.165, 1.54) is 0 Å². The largest absolute Gasteiger partial charge is 0.368 e. The van der Waals surface area contributed by atoms with E-state index in [0.29, 0.717) is 5.56 Å². The first kappa shape index (κ1) is 15.3. The average molecular weight is 338 g/mol. The van der Waals surface area contributed by atoms with Crippen molar-refractivity contribution in [2.24, 2.45) is 0 Å². The van der Waals surface area contributed by atoms with E-state index in [2.05, 4.69) is 47.7 Å². The Kier molecular flexibility index (Phi) is 4.69. The van der Waals surface area contributed by atoms with Crippen LogP contribution in [0.3, 0.4) is 0 Å². The van der Waals surface area contributed by atoms with E-state index >= 15 is 0 Å². The Hall–Kier alpha value is -1.09. The molecule has 0 unspecified atom stereocenters. The van der Waals surface area contributed by atoms with E-state index in [4.69, 9.17) is 4.84 Å². The van der Waals surface area contributed by atoms with Crippen molar-refractivity contribution in [1.82, 2.24) is 5.06 Å². The second-order valence-corrected chi connectivity index (χ2v) is 6.81. The molecule has 0 N–H and O–H groups in total. The molecule has 20 heavy (non-hydrogen) atoms. The summed E-state index contributed by atoms with van der Waals surface area (Å²) in [7, 11) is 0. The normalized spacial score (nSPS) is 17.1. The van der Waals surface area contributed by atoms with Gasteiger partial charge in [-0.2, -0.15) is 10.3 Å². The fourth-order valence-corrected chi connectivity index (χ4v) is 2.64. The van der Waals surface area contributed by atoms with Crippen LogP contribution in [0.5, 0.6) is 0 Å². The van der Waals surface area contributed by atoms with Crippen LogP contribution in [0.15, 0.2) is 22.7 Å². The molecule has 4 nitrogen and oxygen atoms in total. The number of halogens is 1. The highest BCUT2D eigenvalue weighted by Crippen LogP contribution is 2.25. The maximum Gasteiger partial charge on any atom is 0.101 e. The number of piperazine rings is 1. The average Bonchev–Trinajstić information content (AvgIpc) is 2.38. The molecule has 0 radical (unpaired) electrons. The fourth-order valence-electron chi connectivity index (χ4n) is 2.28. The Bertz CT molecular complexity index is 511. The summed E-state index contributed by atoms with van der Waals surface area (Å²) < 4.78 is 0.938. The lowest BCUT2D eigenvalue weighted by atomic mass is 10.1. The van der Waals surface area contributed by atoms with Gasteiger partial charge in [-0.3, -0.25) is 4.84 Å². The smallest absolute Gasteiger partial charge is 0.101 e. The predicted octanol–water partition coefficient (Wildman–Crippen LogP) is 3.17. The zero-order valence-electron chi connectivity index (χ0n) is 12.2. The highest BCUT2D eigenvalue weighted by molar-refractivity contribution is 9.10. The van der Waals surface area contributed by atoms with Gasteiger partial charge in [0.2, 0.25) is 0 Å². The van der Waals surface area contributed by atoms with Crippen molar-refractivity contribution in [3.05, 3.63) is 28.2 Å². The molecule has 1 saturated heterocycles. The Morgan fingerprint density at radius 2 is 1.85 bits per heavy atom. The topological polar surface area (TPSA) is 39.5 Å². The Labute approximate surface area is 129 Å². The first-order valence-corrected chi connectivity index (χ1v) is 7.57. The minimum atomic E-state index is -0.155. The lowest BCUT2D eigenvalue weighted by Gasteiger charge is -2.38. The molecule has 0 amide bonds. The van der Waals surface area contributed by atoms with Gasteiger partial charge in [0.25, 0.3) is 0 Å². The van der Waals surface area contributed by atoms with Gasteiger partial charge in [0.05, 0.1) is 16.9 Å².